The van der Waals surface area contributed by atoms with Crippen molar-refractivity contribution in [2.24, 2.45) is 4.40 Å². The number of carbonyl (C=O) groups is 1. The van der Waals surface area contributed by atoms with Crippen LogP contribution in [0.2, 0.25) is 0 Å². The fourth-order valence-electron chi connectivity index (χ4n) is 3.05. The van der Waals surface area contributed by atoms with Crippen LogP contribution in [-0.4, -0.2) is 49.5 Å². The van der Waals surface area contributed by atoms with Gasteiger partial charge in [0.15, 0.2) is 11.5 Å². The van der Waals surface area contributed by atoms with Crippen molar-refractivity contribution in [3.63, 3.8) is 0 Å². The molecule has 0 radical (unpaired) electrons. The van der Waals surface area contributed by atoms with Crippen LogP contribution < -0.4 is 14.8 Å². The van der Waals surface area contributed by atoms with Crippen LogP contribution in [0.5, 0.6) is 11.5 Å². The van der Waals surface area contributed by atoms with Crippen molar-refractivity contribution in [2.45, 2.75) is 6.61 Å². The molecule has 0 spiro atoms. The molecule has 9 nitrogen and oxygen atoms in total. The number of anilines is 1. The van der Waals surface area contributed by atoms with Gasteiger partial charge in [0.1, 0.15) is 12.4 Å². The minimum absolute atomic E-state index is 0.0914. The molecule has 0 saturated carbocycles. The molecule has 2 aliphatic heterocycles. The van der Waals surface area contributed by atoms with E-state index in [2.05, 4.69) is 14.7 Å². The van der Waals surface area contributed by atoms with Crippen molar-refractivity contribution in [2.75, 3.05) is 24.7 Å². The predicted molar refractivity (Wildman–Crippen MR) is 115 cm³/mol. The number of ether oxygens (including phenoxy) is 2. The molecule has 2 aliphatic rings. The van der Waals surface area contributed by atoms with E-state index >= 15 is 0 Å². The first kappa shape index (κ1) is 20.6. The second-order valence-corrected chi connectivity index (χ2v) is 8.57. The van der Waals surface area contributed by atoms with E-state index in [9.17, 15) is 13.2 Å². The Morgan fingerprint density at radius 2 is 2.10 bits per heavy atom. The zero-order chi connectivity index (χ0) is 21.8. The molecule has 0 aliphatic carbocycles. The van der Waals surface area contributed by atoms with Gasteiger partial charge in [-0.3, -0.25) is 9.78 Å². The summed E-state index contributed by atoms with van der Waals surface area (Å²) in [5.74, 6) is 0.888. The third-order valence-electron chi connectivity index (χ3n) is 4.62. The smallest absolute Gasteiger partial charge is 0.257 e. The molecule has 0 atom stereocenters. The van der Waals surface area contributed by atoms with E-state index in [4.69, 9.17) is 9.47 Å². The van der Waals surface area contributed by atoms with Gasteiger partial charge < -0.3 is 19.7 Å². The molecule has 0 unspecified atom stereocenters. The summed E-state index contributed by atoms with van der Waals surface area (Å²) in [4.78, 5) is 18.4. The Morgan fingerprint density at radius 1 is 1.23 bits per heavy atom. The van der Waals surface area contributed by atoms with E-state index in [-0.39, 0.29) is 18.2 Å². The van der Waals surface area contributed by atoms with Crippen molar-refractivity contribution < 1.29 is 22.7 Å². The van der Waals surface area contributed by atoms with Crippen LogP contribution in [0, 0.1) is 0 Å². The monoisotopic (exact) mass is 440 g/mol. The number of benzene rings is 1. The van der Waals surface area contributed by atoms with E-state index in [1.165, 1.54) is 12.2 Å². The van der Waals surface area contributed by atoms with Crippen LogP contribution in [0.3, 0.4) is 0 Å². The number of aromatic nitrogens is 1. The van der Waals surface area contributed by atoms with Crippen molar-refractivity contribution in [1.29, 1.82) is 0 Å². The number of methoxy groups -OCH3 is 1. The minimum Gasteiger partial charge on any atom is -0.493 e. The highest BCUT2D eigenvalue weighted by molar-refractivity contribution is 7.90. The van der Waals surface area contributed by atoms with E-state index in [1.54, 1.807) is 48.8 Å². The number of rotatable bonds is 6. The lowest BCUT2D eigenvalue weighted by molar-refractivity contribution is -0.112. The summed E-state index contributed by atoms with van der Waals surface area (Å²) >= 11 is 0. The SMILES string of the molecule is COc1ccc(NC(=O)C2=CN3CCS(=O)(=O)N=C3C=C2)cc1OCc1cccnc1. The molecule has 1 aromatic heterocycles. The number of amidine groups is 1. The van der Waals surface area contributed by atoms with Gasteiger partial charge in [0, 0.05) is 42.5 Å². The standard InChI is InChI=1S/C21H20N4O5S/c1-29-18-6-5-17(11-19(18)30-14-15-3-2-8-22-12-15)23-21(26)16-4-7-20-24-31(27,28)10-9-25(20)13-16/h2-8,11-13H,9-10,14H2,1H3,(H,23,26). The second-order valence-electron chi connectivity index (χ2n) is 6.82. The quantitative estimate of drug-likeness (QED) is 0.732. The topological polar surface area (TPSA) is 110 Å². The van der Waals surface area contributed by atoms with Crippen molar-refractivity contribution in [1.82, 2.24) is 9.88 Å². The normalized spacial score (nSPS) is 16.6. The van der Waals surface area contributed by atoms with Crippen LogP contribution in [0.4, 0.5) is 5.69 Å². The number of hydrogen-bond acceptors (Lipinski definition) is 7. The van der Waals surface area contributed by atoms with Gasteiger partial charge in [-0.1, -0.05) is 6.07 Å². The molecule has 0 saturated heterocycles. The summed E-state index contributed by atoms with van der Waals surface area (Å²) in [6, 6.07) is 8.82. The first-order valence-electron chi connectivity index (χ1n) is 9.44. The summed E-state index contributed by atoms with van der Waals surface area (Å²) in [7, 11) is -1.90. The Labute approximate surface area is 179 Å². The first-order valence-corrected chi connectivity index (χ1v) is 11.0. The Hall–Kier alpha value is -3.66. The maximum Gasteiger partial charge on any atom is 0.257 e. The molecule has 10 heteroatoms. The van der Waals surface area contributed by atoms with E-state index in [1.807, 2.05) is 12.1 Å². The zero-order valence-electron chi connectivity index (χ0n) is 16.7. The van der Waals surface area contributed by atoms with Crippen molar-refractivity contribution in [3.05, 3.63) is 72.2 Å². The molecule has 160 valence electrons. The Morgan fingerprint density at radius 3 is 2.87 bits per heavy atom. The number of nitrogens with zero attached hydrogens (tertiary/aromatic N) is 3. The number of nitrogens with one attached hydrogen (secondary N) is 1. The molecule has 3 heterocycles. The van der Waals surface area contributed by atoms with E-state index in [0.29, 0.717) is 35.2 Å². The number of fused-ring (bicyclic) bond motifs is 1. The maximum absolute atomic E-state index is 12.7. The lowest BCUT2D eigenvalue weighted by Gasteiger charge is -2.27. The van der Waals surface area contributed by atoms with Crippen molar-refractivity contribution >= 4 is 27.5 Å². The van der Waals surface area contributed by atoms with Gasteiger partial charge >= 0.3 is 0 Å². The van der Waals surface area contributed by atoms with Crippen LogP contribution >= 0.6 is 0 Å². The van der Waals surface area contributed by atoms with Crippen molar-refractivity contribution in [3.8, 4) is 11.5 Å². The third kappa shape index (κ3) is 4.92. The molecule has 1 N–H and O–H groups in total. The highest BCUT2D eigenvalue weighted by Crippen LogP contribution is 2.31. The van der Waals surface area contributed by atoms with Gasteiger partial charge in [0.2, 0.25) is 0 Å². The molecule has 0 bridgehead atoms. The molecule has 0 fully saturated rings. The highest BCUT2D eigenvalue weighted by Gasteiger charge is 2.25. The molecule has 1 amide bonds. The van der Waals surface area contributed by atoms with Crippen LogP contribution in [0.1, 0.15) is 5.56 Å². The molecule has 1 aromatic carbocycles. The number of carbonyl (C=O) groups excluding carboxylic acids is 1. The van der Waals surface area contributed by atoms with Gasteiger partial charge in [-0.2, -0.15) is 0 Å². The summed E-state index contributed by atoms with van der Waals surface area (Å²) < 4.78 is 38.1. The Kier molecular flexibility index (Phi) is 5.72. The largest absolute Gasteiger partial charge is 0.493 e. The van der Waals surface area contributed by atoms with E-state index in [0.717, 1.165) is 5.56 Å². The van der Waals surface area contributed by atoms with Gasteiger partial charge in [-0.15, -0.1) is 4.40 Å². The lowest BCUT2D eigenvalue weighted by atomic mass is 10.1. The third-order valence-corrected chi connectivity index (χ3v) is 5.79. The number of pyridine rings is 1. The van der Waals surface area contributed by atoms with Crippen LogP contribution in [0.15, 0.2) is 71.0 Å². The molecular weight excluding hydrogens is 420 g/mol. The zero-order valence-corrected chi connectivity index (χ0v) is 17.5. The van der Waals surface area contributed by atoms with Gasteiger partial charge in [0.25, 0.3) is 15.9 Å². The van der Waals surface area contributed by atoms with Gasteiger partial charge in [-0.05, 0) is 30.4 Å². The minimum atomic E-state index is -3.44. The highest BCUT2D eigenvalue weighted by atomic mass is 32.2. The lowest BCUT2D eigenvalue weighted by Crippen LogP contribution is -2.37. The predicted octanol–water partition coefficient (Wildman–Crippen LogP) is 2.11. The average Bonchev–Trinajstić information content (AvgIpc) is 2.77. The number of sulfonamides is 1. The number of amides is 1. The molecule has 31 heavy (non-hydrogen) atoms. The summed E-state index contributed by atoms with van der Waals surface area (Å²) in [5.41, 5.74) is 1.81. The second kappa shape index (κ2) is 8.60. The fourth-order valence-corrected chi connectivity index (χ4v) is 4.02. The van der Waals surface area contributed by atoms with Crippen LogP contribution in [-0.2, 0) is 21.4 Å². The Bertz CT molecular complexity index is 1190. The molecular formula is C21H20N4O5S. The summed E-state index contributed by atoms with van der Waals surface area (Å²) in [6.45, 7) is 0.548. The maximum atomic E-state index is 12.7. The Balaban J connectivity index is 1.47. The molecule has 4 rings (SSSR count). The van der Waals surface area contributed by atoms with Gasteiger partial charge in [0.05, 0.1) is 18.4 Å². The average molecular weight is 440 g/mol. The summed E-state index contributed by atoms with van der Waals surface area (Å²) in [5, 5.41) is 2.82. The fraction of sp³-hybridized carbons (Fsp3) is 0.190. The van der Waals surface area contributed by atoms with E-state index < -0.39 is 10.0 Å². The van der Waals surface area contributed by atoms with Gasteiger partial charge in [-0.25, -0.2) is 8.42 Å². The number of hydrogen-bond donors (Lipinski definition) is 1. The molecule has 2 aromatic rings. The van der Waals surface area contributed by atoms with Crippen LogP contribution in [0.25, 0.3) is 0 Å². The first-order chi connectivity index (χ1) is 14.9. The summed E-state index contributed by atoms with van der Waals surface area (Å²) in [6.07, 6.45) is 8.04.